The summed E-state index contributed by atoms with van der Waals surface area (Å²) < 4.78 is 0. The smallest absolute Gasteiger partial charge is 0.274 e. The summed E-state index contributed by atoms with van der Waals surface area (Å²) in [6.45, 7) is 1.85. The molecule has 0 aliphatic carbocycles. The fourth-order valence-electron chi connectivity index (χ4n) is 3.40. The summed E-state index contributed by atoms with van der Waals surface area (Å²) in [5.74, 6) is -0.0587. The number of nitrogens with one attached hydrogen (secondary N) is 1. The highest BCUT2D eigenvalue weighted by atomic mass is 16.3. The van der Waals surface area contributed by atoms with Crippen LogP contribution in [0.2, 0.25) is 0 Å². The lowest BCUT2D eigenvalue weighted by Crippen LogP contribution is -2.41. The molecule has 2 N–H and O–H groups in total. The third kappa shape index (κ3) is 3.38. The van der Waals surface area contributed by atoms with Gasteiger partial charge in [-0.05, 0) is 39.4 Å². The summed E-state index contributed by atoms with van der Waals surface area (Å²) >= 11 is 0. The maximum Gasteiger partial charge on any atom is 0.274 e. The molecule has 1 aromatic heterocycles. The van der Waals surface area contributed by atoms with E-state index in [2.05, 4.69) is 10.2 Å². The molecule has 1 unspecified atom stereocenters. The molecule has 1 aromatic carbocycles. The molecule has 0 saturated carbocycles. The maximum atomic E-state index is 12.8. The first-order valence-corrected chi connectivity index (χ1v) is 8.08. The summed E-state index contributed by atoms with van der Waals surface area (Å²) in [6.07, 6.45) is 2.12. The van der Waals surface area contributed by atoms with Crippen molar-refractivity contribution in [3.63, 3.8) is 0 Å². The van der Waals surface area contributed by atoms with Crippen molar-refractivity contribution in [1.82, 2.24) is 20.0 Å². The molecule has 124 valence electrons. The van der Waals surface area contributed by atoms with Gasteiger partial charge in [0.25, 0.3) is 5.91 Å². The van der Waals surface area contributed by atoms with Crippen molar-refractivity contribution in [2.24, 2.45) is 0 Å². The van der Waals surface area contributed by atoms with Crippen LogP contribution in [0.25, 0.3) is 10.9 Å². The van der Waals surface area contributed by atoms with Crippen LogP contribution in [0.4, 0.5) is 0 Å². The van der Waals surface area contributed by atoms with Crippen LogP contribution in [0.1, 0.15) is 29.8 Å². The lowest BCUT2D eigenvalue weighted by atomic mass is 9.94. The summed E-state index contributed by atoms with van der Waals surface area (Å²) in [5, 5.41) is 18.7. The number of para-hydroxylation sites is 1. The summed E-state index contributed by atoms with van der Waals surface area (Å²) in [4.78, 5) is 16.6. The molecule has 3 rings (SSSR count). The maximum absolute atomic E-state index is 12.8. The number of fused-ring (bicyclic) bond motifs is 1. The van der Waals surface area contributed by atoms with Gasteiger partial charge in [-0.1, -0.05) is 18.2 Å². The number of hydrogen-bond donors (Lipinski definition) is 2. The molecule has 6 heteroatoms. The minimum Gasteiger partial charge on any atom is -0.388 e. The largest absolute Gasteiger partial charge is 0.388 e. The van der Waals surface area contributed by atoms with Crippen LogP contribution in [0.5, 0.6) is 0 Å². The Morgan fingerprint density at radius 1 is 1.35 bits per heavy atom. The van der Waals surface area contributed by atoms with Gasteiger partial charge in [0.2, 0.25) is 0 Å². The van der Waals surface area contributed by atoms with E-state index in [4.69, 9.17) is 0 Å². The molecule has 2 aromatic rings. The molecule has 1 aliphatic rings. The number of amides is 1. The Bertz CT molecular complexity index is 697. The van der Waals surface area contributed by atoms with E-state index in [0.29, 0.717) is 31.7 Å². The topological polar surface area (TPSA) is 72.5 Å². The number of hydrogen-bond acceptors (Lipinski definition) is 4. The van der Waals surface area contributed by atoms with Crippen LogP contribution in [-0.4, -0.2) is 70.3 Å². The quantitative estimate of drug-likeness (QED) is 0.900. The van der Waals surface area contributed by atoms with Crippen molar-refractivity contribution in [3.8, 4) is 0 Å². The van der Waals surface area contributed by atoms with Crippen molar-refractivity contribution in [2.75, 3.05) is 33.7 Å². The van der Waals surface area contributed by atoms with Crippen LogP contribution in [0, 0.1) is 0 Å². The highest BCUT2D eigenvalue weighted by molar-refractivity contribution is 6.04. The van der Waals surface area contributed by atoms with Crippen molar-refractivity contribution in [2.45, 2.75) is 24.9 Å². The molecule has 0 radical (unpaired) electrons. The Kier molecular flexibility index (Phi) is 4.37. The predicted molar refractivity (Wildman–Crippen MR) is 89.4 cm³/mol. The minimum atomic E-state index is -0.716. The normalized spacial score (nSPS) is 22.5. The Morgan fingerprint density at radius 2 is 2.13 bits per heavy atom. The summed E-state index contributed by atoms with van der Waals surface area (Å²) in [6, 6.07) is 7.65. The third-order valence-corrected chi connectivity index (χ3v) is 4.49. The van der Waals surface area contributed by atoms with E-state index in [0.717, 1.165) is 23.7 Å². The molecule has 6 nitrogen and oxygen atoms in total. The van der Waals surface area contributed by atoms with Crippen molar-refractivity contribution < 1.29 is 9.90 Å². The number of aromatic nitrogens is 2. The van der Waals surface area contributed by atoms with Crippen LogP contribution < -0.4 is 0 Å². The molecule has 0 spiro atoms. The molecule has 1 fully saturated rings. The number of nitrogens with zero attached hydrogens (tertiary/aromatic N) is 3. The number of likely N-dealkylation sites (N-methyl/N-ethyl adjacent to an activating group) is 1. The van der Waals surface area contributed by atoms with Crippen molar-refractivity contribution in [1.29, 1.82) is 0 Å². The molecule has 0 bridgehead atoms. The van der Waals surface area contributed by atoms with Gasteiger partial charge < -0.3 is 14.9 Å². The van der Waals surface area contributed by atoms with Crippen LogP contribution >= 0.6 is 0 Å². The molecule has 2 heterocycles. The first-order chi connectivity index (χ1) is 11.0. The number of benzene rings is 1. The first-order valence-electron chi connectivity index (χ1n) is 8.08. The second-order valence-electron chi connectivity index (χ2n) is 6.73. The lowest BCUT2D eigenvalue weighted by molar-refractivity contribution is 0.00304. The highest BCUT2D eigenvalue weighted by Crippen LogP contribution is 2.25. The van der Waals surface area contributed by atoms with Gasteiger partial charge in [-0.25, -0.2) is 0 Å². The minimum absolute atomic E-state index is 0.0587. The fourth-order valence-corrected chi connectivity index (χ4v) is 3.40. The van der Waals surface area contributed by atoms with Gasteiger partial charge in [0.15, 0.2) is 5.69 Å². The Labute approximate surface area is 136 Å². The van der Waals surface area contributed by atoms with Crippen molar-refractivity contribution >= 4 is 16.8 Å². The number of carbonyl (C=O) groups excluding carboxylic acids is 1. The fraction of sp³-hybridized carbons (Fsp3) is 0.529. The number of aliphatic hydroxyl groups is 1. The Hall–Kier alpha value is -1.92. The van der Waals surface area contributed by atoms with E-state index in [1.807, 2.05) is 48.2 Å². The highest BCUT2D eigenvalue weighted by Gasteiger charge is 2.32. The van der Waals surface area contributed by atoms with Crippen molar-refractivity contribution in [3.05, 3.63) is 30.0 Å². The molecule has 1 amide bonds. The van der Waals surface area contributed by atoms with Crippen LogP contribution in [0.15, 0.2) is 24.3 Å². The zero-order valence-electron chi connectivity index (χ0n) is 13.7. The van der Waals surface area contributed by atoms with Crippen LogP contribution in [-0.2, 0) is 0 Å². The molecule has 23 heavy (non-hydrogen) atoms. The monoisotopic (exact) mass is 316 g/mol. The molecule has 1 saturated heterocycles. The van der Waals surface area contributed by atoms with E-state index >= 15 is 0 Å². The molecule has 1 aliphatic heterocycles. The zero-order chi connectivity index (χ0) is 16.4. The average molecular weight is 316 g/mol. The Morgan fingerprint density at radius 3 is 2.91 bits per heavy atom. The Balaban J connectivity index is 1.76. The number of likely N-dealkylation sites (tertiary alicyclic amines) is 1. The number of aromatic amines is 1. The van der Waals surface area contributed by atoms with Gasteiger partial charge in [-0.2, -0.15) is 5.10 Å². The average Bonchev–Trinajstić information content (AvgIpc) is 2.84. The van der Waals surface area contributed by atoms with E-state index in [1.165, 1.54) is 0 Å². The van der Waals surface area contributed by atoms with E-state index in [-0.39, 0.29) is 5.91 Å². The predicted octanol–water partition coefficient (Wildman–Crippen LogP) is 1.48. The standard InChI is InChI=1S/C17H24N4O2/c1-20(2)12-17(23)8-5-10-21(11-9-17)16(22)15-13-6-3-4-7-14(13)18-19-15/h3-4,6-7,23H,5,8-12H2,1-2H3,(H,18,19). The molecular formula is C17H24N4O2. The number of H-pyrrole nitrogens is 1. The summed E-state index contributed by atoms with van der Waals surface area (Å²) in [7, 11) is 3.92. The van der Waals surface area contributed by atoms with Gasteiger partial charge in [-0.3, -0.25) is 9.89 Å². The van der Waals surface area contributed by atoms with Gasteiger partial charge >= 0.3 is 0 Å². The molecular weight excluding hydrogens is 292 g/mol. The van der Waals surface area contributed by atoms with Gasteiger partial charge in [0.05, 0.1) is 11.1 Å². The SMILES string of the molecule is CN(C)CC1(O)CCCN(C(=O)c2n[nH]c3ccccc23)CC1. The van der Waals surface area contributed by atoms with Gasteiger partial charge in [0, 0.05) is 25.0 Å². The van der Waals surface area contributed by atoms with Crippen LogP contribution in [0.3, 0.4) is 0 Å². The summed E-state index contributed by atoms with van der Waals surface area (Å²) in [5.41, 5.74) is 0.625. The number of rotatable bonds is 3. The second kappa shape index (κ2) is 6.29. The molecule has 1 atom stereocenters. The van der Waals surface area contributed by atoms with E-state index in [9.17, 15) is 9.90 Å². The third-order valence-electron chi connectivity index (χ3n) is 4.49. The van der Waals surface area contributed by atoms with E-state index in [1.54, 1.807) is 0 Å². The van der Waals surface area contributed by atoms with E-state index < -0.39 is 5.60 Å². The lowest BCUT2D eigenvalue weighted by Gasteiger charge is -2.29. The second-order valence-corrected chi connectivity index (χ2v) is 6.73. The van der Waals surface area contributed by atoms with Gasteiger partial charge in [-0.15, -0.1) is 0 Å². The van der Waals surface area contributed by atoms with Gasteiger partial charge in [0.1, 0.15) is 0 Å². The number of carbonyl (C=O) groups is 1. The first kappa shape index (κ1) is 16.0. The zero-order valence-corrected chi connectivity index (χ0v) is 13.7.